The van der Waals surface area contributed by atoms with Crippen molar-refractivity contribution in [3.05, 3.63) is 28.8 Å². The molecule has 0 amide bonds. The zero-order valence-corrected chi connectivity index (χ0v) is 11.9. The van der Waals surface area contributed by atoms with Crippen LogP contribution in [0, 0.1) is 5.92 Å². The number of nitrogen functional groups attached to an aromatic ring is 1. The first kappa shape index (κ1) is 11.8. The van der Waals surface area contributed by atoms with Crippen LogP contribution in [0.25, 0.3) is 0 Å². The molecule has 2 nitrogen and oxygen atoms in total. The normalized spacial score (nSPS) is 30.2. The second-order valence-electron chi connectivity index (χ2n) is 7.24. The molecule has 2 heteroatoms. The van der Waals surface area contributed by atoms with E-state index in [0.29, 0.717) is 5.41 Å². The van der Waals surface area contributed by atoms with Gasteiger partial charge in [-0.15, -0.1) is 0 Å². The Kier molecular flexibility index (Phi) is 2.47. The first-order valence-corrected chi connectivity index (χ1v) is 7.78. The Bertz CT molecular complexity index is 518. The fourth-order valence-corrected chi connectivity index (χ4v) is 4.43. The summed E-state index contributed by atoms with van der Waals surface area (Å²) in [6, 6.07) is 4.47. The summed E-state index contributed by atoms with van der Waals surface area (Å²) in [7, 11) is 0. The molecule has 19 heavy (non-hydrogen) atoms. The molecule has 2 N–H and O–H groups in total. The third-order valence-corrected chi connectivity index (χ3v) is 5.28. The lowest BCUT2D eigenvalue weighted by Crippen LogP contribution is -2.46. The summed E-state index contributed by atoms with van der Waals surface area (Å²) < 4.78 is 0. The van der Waals surface area contributed by atoms with E-state index in [4.69, 9.17) is 5.73 Å². The van der Waals surface area contributed by atoms with Crippen LogP contribution in [0.2, 0.25) is 0 Å². The number of anilines is 1. The standard InChI is InChI=1S/C17H24N2/c1-17-6-2-3-13-7-15(18)8-14(16(13)17)10-19(11-17)9-12-4-5-12/h7-8,12H,2-6,9-11,18H2,1H3. The van der Waals surface area contributed by atoms with Crippen molar-refractivity contribution in [1.29, 1.82) is 0 Å². The predicted molar refractivity (Wildman–Crippen MR) is 79.1 cm³/mol. The van der Waals surface area contributed by atoms with E-state index in [-0.39, 0.29) is 0 Å². The lowest BCUT2D eigenvalue weighted by Gasteiger charge is -2.46. The fourth-order valence-electron chi connectivity index (χ4n) is 4.43. The molecule has 1 unspecified atom stereocenters. The van der Waals surface area contributed by atoms with Crippen LogP contribution in [-0.4, -0.2) is 18.0 Å². The van der Waals surface area contributed by atoms with Crippen LogP contribution in [0.4, 0.5) is 5.69 Å². The van der Waals surface area contributed by atoms with Crippen LogP contribution in [0.15, 0.2) is 12.1 Å². The Morgan fingerprint density at radius 1 is 1.32 bits per heavy atom. The van der Waals surface area contributed by atoms with Gasteiger partial charge in [-0.3, -0.25) is 4.90 Å². The van der Waals surface area contributed by atoms with Gasteiger partial charge >= 0.3 is 0 Å². The molecule has 1 aliphatic heterocycles. The van der Waals surface area contributed by atoms with Crippen LogP contribution in [-0.2, 0) is 18.4 Å². The third kappa shape index (κ3) is 1.97. The Labute approximate surface area is 116 Å². The highest BCUT2D eigenvalue weighted by Gasteiger charge is 2.40. The zero-order chi connectivity index (χ0) is 13.0. The van der Waals surface area contributed by atoms with E-state index >= 15 is 0 Å². The average molecular weight is 256 g/mol. The van der Waals surface area contributed by atoms with Crippen molar-refractivity contribution in [2.24, 2.45) is 5.92 Å². The molecule has 1 heterocycles. The maximum Gasteiger partial charge on any atom is 0.0320 e. The highest BCUT2D eigenvalue weighted by atomic mass is 15.1. The van der Waals surface area contributed by atoms with E-state index in [2.05, 4.69) is 24.0 Å². The first-order chi connectivity index (χ1) is 9.14. The number of rotatable bonds is 2. The minimum absolute atomic E-state index is 0.379. The summed E-state index contributed by atoms with van der Waals surface area (Å²) in [5.74, 6) is 0.981. The van der Waals surface area contributed by atoms with Crippen molar-refractivity contribution in [1.82, 2.24) is 4.90 Å². The number of nitrogens with two attached hydrogens (primary N) is 1. The minimum Gasteiger partial charge on any atom is -0.399 e. The lowest BCUT2D eigenvalue weighted by molar-refractivity contribution is 0.164. The second kappa shape index (κ2) is 3.99. The van der Waals surface area contributed by atoms with Crippen LogP contribution < -0.4 is 5.73 Å². The quantitative estimate of drug-likeness (QED) is 0.824. The average Bonchev–Trinajstić information content (AvgIpc) is 3.11. The molecule has 1 fully saturated rings. The van der Waals surface area contributed by atoms with Crippen molar-refractivity contribution in [3.8, 4) is 0 Å². The molecule has 0 aromatic heterocycles. The number of aryl methyl sites for hydroxylation is 1. The summed E-state index contributed by atoms with van der Waals surface area (Å²) in [5.41, 5.74) is 12.2. The number of hydrogen-bond acceptors (Lipinski definition) is 2. The van der Waals surface area contributed by atoms with Crippen molar-refractivity contribution < 1.29 is 0 Å². The molecule has 1 atom stereocenters. The molecule has 0 bridgehead atoms. The largest absolute Gasteiger partial charge is 0.399 e. The number of nitrogens with zero attached hydrogens (tertiary/aromatic N) is 1. The van der Waals surface area contributed by atoms with Crippen LogP contribution in [0.3, 0.4) is 0 Å². The highest BCUT2D eigenvalue weighted by molar-refractivity contribution is 5.54. The van der Waals surface area contributed by atoms with Crippen LogP contribution in [0.5, 0.6) is 0 Å². The summed E-state index contributed by atoms with van der Waals surface area (Å²) >= 11 is 0. The van der Waals surface area contributed by atoms with Gasteiger partial charge in [0.25, 0.3) is 0 Å². The van der Waals surface area contributed by atoms with Gasteiger partial charge in [0.2, 0.25) is 0 Å². The maximum absolute atomic E-state index is 6.11. The third-order valence-electron chi connectivity index (χ3n) is 5.28. The summed E-state index contributed by atoms with van der Waals surface area (Å²) in [4.78, 5) is 2.69. The van der Waals surface area contributed by atoms with E-state index in [1.54, 1.807) is 5.56 Å². The molecule has 0 spiro atoms. The zero-order valence-electron chi connectivity index (χ0n) is 11.9. The minimum atomic E-state index is 0.379. The molecule has 2 aliphatic carbocycles. The van der Waals surface area contributed by atoms with Crippen molar-refractivity contribution in [2.45, 2.75) is 51.0 Å². The van der Waals surface area contributed by atoms with Gasteiger partial charge in [0, 0.05) is 30.7 Å². The molecule has 4 rings (SSSR count). The SMILES string of the molecule is CC12CCCc3cc(N)cc(c31)CN(CC1CC1)C2. The van der Waals surface area contributed by atoms with Crippen LogP contribution >= 0.6 is 0 Å². The summed E-state index contributed by atoms with van der Waals surface area (Å²) in [6.07, 6.45) is 6.79. The van der Waals surface area contributed by atoms with Gasteiger partial charge < -0.3 is 5.73 Å². The maximum atomic E-state index is 6.11. The Hall–Kier alpha value is -1.02. The first-order valence-electron chi connectivity index (χ1n) is 7.78. The van der Waals surface area contributed by atoms with Gasteiger partial charge in [0.05, 0.1) is 0 Å². The van der Waals surface area contributed by atoms with Crippen molar-refractivity contribution in [2.75, 3.05) is 18.8 Å². The van der Waals surface area contributed by atoms with Gasteiger partial charge in [-0.05, 0) is 66.8 Å². The smallest absolute Gasteiger partial charge is 0.0320 e. The van der Waals surface area contributed by atoms with Gasteiger partial charge in [-0.2, -0.15) is 0 Å². The lowest BCUT2D eigenvalue weighted by atomic mass is 9.67. The summed E-state index contributed by atoms with van der Waals surface area (Å²) in [6.45, 7) is 6.16. The molecule has 1 saturated carbocycles. The second-order valence-corrected chi connectivity index (χ2v) is 7.24. The van der Waals surface area contributed by atoms with Crippen LogP contribution in [0.1, 0.15) is 49.3 Å². The van der Waals surface area contributed by atoms with E-state index in [1.807, 2.05) is 0 Å². The summed E-state index contributed by atoms with van der Waals surface area (Å²) in [5, 5.41) is 0. The predicted octanol–water partition coefficient (Wildman–Crippen LogP) is 3.09. The van der Waals surface area contributed by atoms with Crippen molar-refractivity contribution >= 4 is 5.69 Å². The topological polar surface area (TPSA) is 29.3 Å². The van der Waals surface area contributed by atoms with Gasteiger partial charge in [0.15, 0.2) is 0 Å². The van der Waals surface area contributed by atoms with E-state index in [0.717, 1.165) is 18.2 Å². The number of hydrogen-bond donors (Lipinski definition) is 1. The molecule has 0 radical (unpaired) electrons. The highest BCUT2D eigenvalue weighted by Crippen LogP contribution is 2.45. The molecule has 102 valence electrons. The van der Waals surface area contributed by atoms with Crippen molar-refractivity contribution in [3.63, 3.8) is 0 Å². The van der Waals surface area contributed by atoms with Gasteiger partial charge in [-0.25, -0.2) is 0 Å². The van der Waals surface area contributed by atoms with E-state index in [9.17, 15) is 0 Å². The molecule has 1 aromatic rings. The van der Waals surface area contributed by atoms with Gasteiger partial charge in [0.1, 0.15) is 0 Å². The Balaban J connectivity index is 1.75. The Morgan fingerprint density at radius 2 is 2.11 bits per heavy atom. The monoisotopic (exact) mass is 256 g/mol. The van der Waals surface area contributed by atoms with Gasteiger partial charge in [-0.1, -0.05) is 6.92 Å². The molecule has 3 aliphatic rings. The Morgan fingerprint density at radius 3 is 2.89 bits per heavy atom. The molecule has 0 saturated heterocycles. The molecular weight excluding hydrogens is 232 g/mol. The molecule has 1 aromatic carbocycles. The molecular formula is C17H24N2. The van der Waals surface area contributed by atoms with E-state index < -0.39 is 0 Å². The fraction of sp³-hybridized carbons (Fsp3) is 0.647. The van der Waals surface area contributed by atoms with E-state index in [1.165, 1.54) is 56.3 Å². The number of benzene rings is 1.